The van der Waals surface area contributed by atoms with Crippen molar-refractivity contribution in [1.82, 2.24) is 5.48 Å². The molecular weight excluding hydrogens is 210 g/mol. The zero-order valence-electron chi connectivity index (χ0n) is 6.01. The van der Waals surface area contributed by atoms with Gasteiger partial charge in [0.1, 0.15) is 0 Å². The highest BCUT2D eigenvalue weighted by Crippen LogP contribution is 2.22. The lowest BCUT2D eigenvalue weighted by molar-refractivity contribution is -0.125. The van der Waals surface area contributed by atoms with Crippen LogP contribution in [0.2, 0.25) is 0 Å². The number of nitrogens with one attached hydrogen (secondary N) is 1. The predicted molar refractivity (Wildman–Crippen MR) is 44.6 cm³/mol. The molecule has 0 bridgehead atoms. The summed E-state index contributed by atoms with van der Waals surface area (Å²) in [7, 11) is 0. The van der Waals surface area contributed by atoms with Crippen LogP contribution in [-0.2, 0) is 4.79 Å². The topological polar surface area (TPSA) is 49.3 Å². The van der Waals surface area contributed by atoms with Gasteiger partial charge in [0.25, 0.3) is 5.91 Å². The van der Waals surface area contributed by atoms with E-state index in [9.17, 15) is 4.79 Å². The molecule has 62 valence electrons. The van der Waals surface area contributed by atoms with Crippen LogP contribution in [0.4, 0.5) is 0 Å². The summed E-state index contributed by atoms with van der Waals surface area (Å²) in [5.41, 5.74) is 2.29. The average molecular weight is 220 g/mol. The van der Waals surface area contributed by atoms with Gasteiger partial charge in [-0.3, -0.25) is 10.0 Å². The van der Waals surface area contributed by atoms with E-state index >= 15 is 0 Å². The smallest absolute Gasteiger partial charge is 0.270 e. The quantitative estimate of drug-likeness (QED) is 0.398. The Morgan fingerprint density at radius 1 is 1.82 bits per heavy atom. The molecule has 1 unspecified atom stereocenters. The summed E-state index contributed by atoms with van der Waals surface area (Å²) in [5.74, 6) is -0.380. The lowest BCUT2D eigenvalue weighted by atomic mass is 9.99. The highest BCUT2D eigenvalue weighted by Gasteiger charge is 2.15. The fourth-order valence-corrected chi connectivity index (χ4v) is 1.78. The number of carbonyl (C=O) groups excluding carboxylic acids is 1. The van der Waals surface area contributed by atoms with Crippen molar-refractivity contribution < 1.29 is 10.0 Å². The van der Waals surface area contributed by atoms with Crippen LogP contribution in [0.1, 0.15) is 19.3 Å². The van der Waals surface area contributed by atoms with Gasteiger partial charge in [0.15, 0.2) is 0 Å². The zero-order valence-corrected chi connectivity index (χ0v) is 7.60. The van der Waals surface area contributed by atoms with Crippen LogP contribution in [0.15, 0.2) is 11.6 Å². The highest BCUT2D eigenvalue weighted by molar-refractivity contribution is 9.09. The van der Waals surface area contributed by atoms with E-state index in [4.69, 9.17) is 5.21 Å². The van der Waals surface area contributed by atoms with Gasteiger partial charge in [-0.25, -0.2) is 5.48 Å². The number of hydroxylamine groups is 1. The molecule has 1 aliphatic carbocycles. The summed E-state index contributed by atoms with van der Waals surface area (Å²) in [4.78, 5) is 11.1. The molecule has 0 radical (unpaired) electrons. The first-order valence-corrected chi connectivity index (χ1v) is 4.45. The highest BCUT2D eigenvalue weighted by atomic mass is 79.9. The van der Waals surface area contributed by atoms with Crippen molar-refractivity contribution >= 4 is 21.8 Å². The van der Waals surface area contributed by atoms with Crippen LogP contribution < -0.4 is 5.48 Å². The summed E-state index contributed by atoms with van der Waals surface area (Å²) in [6.07, 6.45) is 4.65. The van der Waals surface area contributed by atoms with Crippen LogP contribution in [0.5, 0.6) is 0 Å². The van der Waals surface area contributed by atoms with Crippen LogP contribution in [0.25, 0.3) is 0 Å². The number of halogens is 1. The second-order valence-electron chi connectivity index (χ2n) is 2.54. The zero-order chi connectivity index (χ0) is 8.27. The third-order valence-corrected chi connectivity index (χ3v) is 2.42. The van der Waals surface area contributed by atoms with Crippen LogP contribution in [0.3, 0.4) is 0 Å². The van der Waals surface area contributed by atoms with E-state index in [1.54, 1.807) is 5.48 Å². The number of rotatable bonds is 1. The van der Waals surface area contributed by atoms with Gasteiger partial charge in [0, 0.05) is 10.4 Å². The van der Waals surface area contributed by atoms with Crippen LogP contribution in [0, 0.1) is 0 Å². The third kappa shape index (κ3) is 2.31. The maximum absolute atomic E-state index is 10.9. The van der Waals surface area contributed by atoms with Gasteiger partial charge in [0.05, 0.1) is 0 Å². The molecule has 0 saturated carbocycles. The second kappa shape index (κ2) is 3.88. The van der Waals surface area contributed by atoms with Gasteiger partial charge in [-0.15, -0.1) is 0 Å². The number of hydrogen-bond acceptors (Lipinski definition) is 2. The summed E-state index contributed by atoms with van der Waals surface area (Å²) in [6.45, 7) is 0. The fourth-order valence-electron chi connectivity index (χ4n) is 1.13. The maximum atomic E-state index is 10.9. The molecule has 0 fully saturated rings. The van der Waals surface area contributed by atoms with Gasteiger partial charge >= 0.3 is 0 Å². The first-order valence-electron chi connectivity index (χ1n) is 3.53. The van der Waals surface area contributed by atoms with E-state index in [1.807, 2.05) is 6.08 Å². The van der Waals surface area contributed by atoms with Crippen molar-refractivity contribution in [2.75, 3.05) is 0 Å². The molecule has 4 heteroatoms. The lowest BCUT2D eigenvalue weighted by Gasteiger charge is -2.14. The number of allylic oxidation sites excluding steroid dienone is 1. The molecular formula is C7H10BrNO2. The van der Waals surface area contributed by atoms with E-state index in [2.05, 4.69) is 15.9 Å². The van der Waals surface area contributed by atoms with Crippen molar-refractivity contribution in [3.63, 3.8) is 0 Å². The van der Waals surface area contributed by atoms with E-state index in [0.717, 1.165) is 19.3 Å². The number of hydrogen-bond donors (Lipinski definition) is 2. The Labute approximate surface area is 73.6 Å². The van der Waals surface area contributed by atoms with Crippen molar-refractivity contribution in [3.05, 3.63) is 11.6 Å². The van der Waals surface area contributed by atoms with Crippen molar-refractivity contribution in [2.24, 2.45) is 0 Å². The van der Waals surface area contributed by atoms with Crippen molar-refractivity contribution in [3.8, 4) is 0 Å². The molecule has 1 aliphatic rings. The minimum Gasteiger partial charge on any atom is -0.288 e. The molecule has 0 heterocycles. The summed E-state index contributed by atoms with van der Waals surface area (Å²) in [6, 6.07) is 0. The molecule has 1 amide bonds. The summed E-state index contributed by atoms with van der Waals surface area (Å²) >= 11 is 3.39. The molecule has 1 rings (SSSR count). The third-order valence-electron chi connectivity index (χ3n) is 1.70. The summed E-state index contributed by atoms with van der Waals surface area (Å²) < 4.78 is 0. The van der Waals surface area contributed by atoms with Crippen LogP contribution >= 0.6 is 15.9 Å². The van der Waals surface area contributed by atoms with Crippen molar-refractivity contribution in [1.29, 1.82) is 0 Å². The van der Waals surface area contributed by atoms with E-state index in [-0.39, 0.29) is 10.7 Å². The standard InChI is InChI=1S/C7H10BrNO2/c8-6-3-1-2-5(4-6)7(10)9-11/h4,6,11H,1-3H2,(H,9,10). The molecule has 0 aromatic heterocycles. The minimum absolute atomic E-state index is 0.281. The Bertz CT molecular complexity index is 191. The lowest BCUT2D eigenvalue weighted by Crippen LogP contribution is -2.23. The Morgan fingerprint density at radius 3 is 3.09 bits per heavy atom. The minimum atomic E-state index is -0.380. The average Bonchev–Trinajstić information content (AvgIpc) is 2.03. The van der Waals surface area contributed by atoms with Gasteiger partial charge in [0.2, 0.25) is 0 Å². The predicted octanol–water partition coefficient (Wildman–Crippen LogP) is 1.37. The molecule has 0 saturated heterocycles. The fraction of sp³-hybridized carbons (Fsp3) is 0.571. The van der Waals surface area contributed by atoms with E-state index in [0.29, 0.717) is 5.57 Å². The van der Waals surface area contributed by atoms with Gasteiger partial charge < -0.3 is 0 Å². The Morgan fingerprint density at radius 2 is 2.55 bits per heavy atom. The maximum Gasteiger partial charge on any atom is 0.270 e. The van der Waals surface area contributed by atoms with Crippen LogP contribution in [-0.4, -0.2) is 15.9 Å². The molecule has 0 aromatic rings. The normalized spacial score (nSPS) is 24.2. The molecule has 1 atom stereocenters. The molecule has 2 N–H and O–H groups in total. The largest absolute Gasteiger partial charge is 0.288 e. The first kappa shape index (κ1) is 8.74. The van der Waals surface area contributed by atoms with E-state index in [1.165, 1.54) is 0 Å². The number of alkyl halides is 1. The monoisotopic (exact) mass is 219 g/mol. The van der Waals surface area contributed by atoms with Gasteiger partial charge in [-0.1, -0.05) is 22.0 Å². The molecule has 3 nitrogen and oxygen atoms in total. The van der Waals surface area contributed by atoms with E-state index < -0.39 is 0 Å². The Hall–Kier alpha value is -0.350. The number of amides is 1. The molecule has 0 aliphatic heterocycles. The van der Waals surface area contributed by atoms with Gasteiger partial charge in [-0.05, 0) is 19.3 Å². The molecule has 0 aromatic carbocycles. The van der Waals surface area contributed by atoms with Gasteiger partial charge in [-0.2, -0.15) is 0 Å². The summed E-state index contributed by atoms with van der Waals surface area (Å²) in [5, 5.41) is 8.32. The van der Waals surface area contributed by atoms with Crippen molar-refractivity contribution in [2.45, 2.75) is 24.1 Å². The SMILES string of the molecule is O=C(NO)C1=CC(Br)CCC1. The molecule has 11 heavy (non-hydrogen) atoms. The Balaban J connectivity index is 2.63. The number of carbonyl (C=O) groups is 1. The first-order chi connectivity index (χ1) is 5.24. The molecule has 0 spiro atoms. The second-order valence-corrected chi connectivity index (χ2v) is 3.72. The Kier molecular flexibility index (Phi) is 3.08.